The standard InChI is InChI=1S/C14H20N2O5/c1-15(8-11-4-3-6-21-11)13(17)9-16-5-7-20-10-12(16)14(18)19-2/h3-4,6,12H,5,7-10H2,1-2H3. The molecule has 2 rings (SSSR count). The van der Waals surface area contributed by atoms with E-state index in [0.717, 1.165) is 5.76 Å². The molecule has 1 amide bonds. The molecule has 0 bridgehead atoms. The van der Waals surface area contributed by atoms with Crippen LogP contribution >= 0.6 is 0 Å². The first-order valence-corrected chi connectivity index (χ1v) is 6.77. The molecule has 1 fully saturated rings. The molecule has 116 valence electrons. The van der Waals surface area contributed by atoms with Crippen molar-refractivity contribution in [1.82, 2.24) is 9.80 Å². The molecule has 1 aliphatic heterocycles. The van der Waals surface area contributed by atoms with Crippen LogP contribution in [-0.2, 0) is 25.6 Å². The van der Waals surface area contributed by atoms with Crippen molar-refractivity contribution in [3.8, 4) is 0 Å². The molecule has 1 aromatic heterocycles. The molecule has 0 radical (unpaired) electrons. The van der Waals surface area contributed by atoms with E-state index in [1.807, 2.05) is 6.07 Å². The molecule has 1 aliphatic rings. The number of hydrogen-bond donors (Lipinski definition) is 0. The molecule has 21 heavy (non-hydrogen) atoms. The number of morpholine rings is 1. The Labute approximate surface area is 123 Å². The van der Waals surface area contributed by atoms with Crippen molar-refractivity contribution in [2.75, 3.05) is 40.5 Å². The fraction of sp³-hybridized carbons (Fsp3) is 0.571. The van der Waals surface area contributed by atoms with Crippen molar-refractivity contribution >= 4 is 11.9 Å². The van der Waals surface area contributed by atoms with Crippen LogP contribution in [0, 0.1) is 0 Å². The Hall–Kier alpha value is -1.86. The van der Waals surface area contributed by atoms with Gasteiger partial charge in [0.25, 0.3) is 0 Å². The lowest BCUT2D eigenvalue weighted by Gasteiger charge is -2.33. The summed E-state index contributed by atoms with van der Waals surface area (Å²) < 4.78 is 15.2. The van der Waals surface area contributed by atoms with E-state index in [9.17, 15) is 9.59 Å². The highest BCUT2D eigenvalue weighted by Gasteiger charge is 2.32. The van der Waals surface area contributed by atoms with Gasteiger partial charge in [0.05, 0.1) is 39.7 Å². The molecule has 0 saturated carbocycles. The highest BCUT2D eigenvalue weighted by Crippen LogP contribution is 2.10. The van der Waals surface area contributed by atoms with Crippen LogP contribution in [0.3, 0.4) is 0 Å². The van der Waals surface area contributed by atoms with Gasteiger partial charge < -0.3 is 18.8 Å². The summed E-state index contributed by atoms with van der Waals surface area (Å²) in [5.41, 5.74) is 0. The van der Waals surface area contributed by atoms with Crippen LogP contribution < -0.4 is 0 Å². The summed E-state index contributed by atoms with van der Waals surface area (Å²) in [7, 11) is 3.04. The van der Waals surface area contributed by atoms with Gasteiger partial charge in [-0.05, 0) is 12.1 Å². The summed E-state index contributed by atoms with van der Waals surface area (Å²) in [6.07, 6.45) is 1.57. The molecular weight excluding hydrogens is 276 g/mol. The van der Waals surface area contributed by atoms with Crippen LogP contribution in [-0.4, -0.2) is 68.2 Å². The van der Waals surface area contributed by atoms with Gasteiger partial charge in [0.2, 0.25) is 5.91 Å². The highest BCUT2D eigenvalue weighted by atomic mass is 16.5. The highest BCUT2D eigenvalue weighted by molar-refractivity contribution is 5.80. The van der Waals surface area contributed by atoms with Crippen LogP contribution in [0.25, 0.3) is 0 Å². The van der Waals surface area contributed by atoms with Crippen LogP contribution in [0.2, 0.25) is 0 Å². The molecule has 7 nitrogen and oxygen atoms in total. The zero-order valence-electron chi connectivity index (χ0n) is 12.3. The number of methoxy groups -OCH3 is 1. The number of amides is 1. The van der Waals surface area contributed by atoms with Gasteiger partial charge in [0.15, 0.2) is 0 Å². The number of esters is 1. The van der Waals surface area contributed by atoms with E-state index in [2.05, 4.69) is 0 Å². The van der Waals surface area contributed by atoms with Crippen molar-refractivity contribution in [2.24, 2.45) is 0 Å². The predicted octanol–water partition coefficient (Wildman–Crippen LogP) is 0.112. The smallest absolute Gasteiger partial charge is 0.325 e. The van der Waals surface area contributed by atoms with E-state index in [-0.39, 0.29) is 25.0 Å². The lowest BCUT2D eigenvalue weighted by Crippen LogP contribution is -2.53. The SMILES string of the molecule is COC(=O)C1COCCN1CC(=O)N(C)Cc1ccco1. The zero-order valence-corrected chi connectivity index (χ0v) is 12.3. The summed E-state index contributed by atoms with van der Waals surface area (Å²) >= 11 is 0. The van der Waals surface area contributed by atoms with Crippen LogP contribution in [0.4, 0.5) is 0 Å². The lowest BCUT2D eigenvalue weighted by molar-refractivity contribution is -0.154. The van der Waals surface area contributed by atoms with Gasteiger partial charge in [-0.2, -0.15) is 0 Å². The Balaban J connectivity index is 1.91. The van der Waals surface area contributed by atoms with Gasteiger partial charge in [-0.15, -0.1) is 0 Å². The number of furan rings is 1. The van der Waals surface area contributed by atoms with Gasteiger partial charge in [-0.25, -0.2) is 0 Å². The van der Waals surface area contributed by atoms with Crippen LogP contribution in [0.15, 0.2) is 22.8 Å². The number of hydrogen-bond acceptors (Lipinski definition) is 6. The minimum atomic E-state index is -0.523. The summed E-state index contributed by atoms with van der Waals surface area (Å²) in [5.74, 6) is 0.260. The fourth-order valence-electron chi connectivity index (χ4n) is 2.20. The quantitative estimate of drug-likeness (QED) is 0.718. The Morgan fingerprint density at radius 2 is 2.33 bits per heavy atom. The average Bonchev–Trinajstić information content (AvgIpc) is 2.99. The van der Waals surface area contributed by atoms with Crippen molar-refractivity contribution < 1.29 is 23.5 Å². The lowest BCUT2D eigenvalue weighted by atomic mass is 10.2. The van der Waals surface area contributed by atoms with Crippen molar-refractivity contribution in [2.45, 2.75) is 12.6 Å². The monoisotopic (exact) mass is 296 g/mol. The number of nitrogens with zero attached hydrogens (tertiary/aromatic N) is 2. The first-order chi connectivity index (χ1) is 10.1. The predicted molar refractivity (Wildman–Crippen MR) is 73.4 cm³/mol. The van der Waals surface area contributed by atoms with Crippen LogP contribution in [0.1, 0.15) is 5.76 Å². The molecule has 7 heteroatoms. The Morgan fingerprint density at radius 1 is 1.52 bits per heavy atom. The minimum Gasteiger partial charge on any atom is -0.468 e. The maximum Gasteiger partial charge on any atom is 0.325 e. The van der Waals surface area contributed by atoms with Gasteiger partial charge in [0, 0.05) is 13.6 Å². The second-order valence-corrected chi connectivity index (χ2v) is 4.91. The molecule has 0 aromatic carbocycles. The molecule has 1 atom stereocenters. The molecule has 0 aliphatic carbocycles. The second kappa shape index (κ2) is 7.24. The maximum absolute atomic E-state index is 12.2. The summed E-state index contributed by atoms with van der Waals surface area (Å²) in [6.45, 7) is 1.84. The van der Waals surface area contributed by atoms with E-state index in [1.165, 1.54) is 7.11 Å². The first kappa shape index (κ1) is 15.5. The molecule has 1 unspecified atom stereocenters. The Bertz CT molecular complexity index is 474. The summed E-state index contributed by atoms with van der Waals surface area (Å²) in [6, 6.07) is 3.07. The van der Waals surface area contributed by atoms with Gasteiger partial charge in [0.1, 0.15) is 11.8 Å². The first-order valence-electron chi connectivity index (χ1n) is 6.77. The van der Waals surface area contributed by atoms with Crippen molar-refractivity contribution in [3.63, 3.8) is 0 Å². The topological polar surface area (TPSA) is 72.2 Å². The van der Waals surface area contributed by atoms with Gasteiger partial charge in [-0.1, -0.05) is 0 Å². The van der Waals surface area contributed by atoms with Crippen molar-refractivity contribution in [3.05, 3.63) is 24.2 Å². The van der Waals surface area contributed by atoms with E-state index >= 15 is 0 Å². The van der Waals surface area contributed by atoms with E-state index in [0.29, 0.717) is 19.7 Å². The largest absolute Gasteiger partial charge is 0.468 e. The number of rotatable bonds is 5. The zero-order chi connectivity index (χ0) is 15.2. The molecule has 2 heterocycles. The molecule has 1 aromatic rings. The van der Waals surface area contributed by atoms with Gasteiger partial charge in [-0.3, -0.25) is 14.5 Å². The number of ether oxygens (including phenoxy) is 2. The third kappa shape index (κ3) is 4.05. The Kier molecular flexibility index (Phi) is 5.35. The van der Waals surface area contributed by atoms with Crippen LogP contribution in [0.5, 0.6) is 0 Å². The third-order valence-corrected chi connectivity index (χ3v) is 3.45. The molecule has 0 spiro atoms. The number of likely N-dealkylation sites (N-methyl/N-ethyl adjacent to an activating group) is 1. The molecule has 0 N–H and O–H groups in total. The fourth-order valence-corrected chi connectivity index (χ4v) is 2.20. The van der Waals surface area contributed by atoms with E-state index in [1.54, 1.807) is 29.2 Å². The minimum absolute atomic E-state index is 0.0813. The van der Waals surface area contributed by atoms with E-state index < -0.39 is 6.04 Å². The Morgan fingerprint density at radius 3 is 3.00 bits per heavy atom. The average molecular weight is 296 g/mol. The van der Waals surface area contributed by atoms with Crippen molar-refractivity contribution in [1.29, 1.82) is 0 Å². The number of carbonyl (C=O) groups excluding carboxylic acids is 2. The molecule has 1 saturated heterocycles. The normalized spacial score (nSPS) is 19.2. The summed E-state index contributed by atoms with van der Waals surface area (Å²) in [5, 5.41) is 0. The third-order valence-electron chi connectivity index (χ3n) is 3.45. The second-order valence-electron chi connectivity index (χ2n) is 4.91. The molecular formula is C14H20N2O5. The maximum atomic E-state index is 12.2. The van der Waals surface area contributed by atoms with Gasteiger partial charge >= 0.3 is 5.97 Å². The van der Waals surface area contributed by atoms with E-state index in [4.69, 9.17) is 13.9 Å². The number of carbonyl (C=O) groups is 2. The summed E-state index contributed by atoms with van der Waals surface area (Å²) in [4.78, 5) is 27.3.